The van der Waals surface area contributed by atoms with Gasteiger partial charge in [0, 0.05) is 11.7 Å². The van der Waals surface area contributed by atoms with Crippen molar-refractivity contribution in [1.29, 1.82) is 5.26 Å². The number of anilines is 1. The number of aryl methyl sites for hydroxylation is 2. The van der Waals surface area contributed by atoms with E-state index in [1.54, 1.807) is 12.1 Å². The van der Waals surface area contributed by atoms with Gasteiger partial charge in [-0.1, -0.05) is 35.4 Å². The highest BCUT2D eigenvalue weighted by Gasteiger charge is 2.09. The van der Waals surface area contributed by atoms with E-state index in [-0.39, 0.29) is 6.04 Å². The molecule has 0 saturated heterocycles. The number of benzene rings is 2. The monoisotopic (exact) mass is 284 g/mol. The van der Waals surface area contributed by atoms with Gasteiger partial charge in [-0.05, 0) is 50.1 Å². The topological polar surface area (TPSA) is 35.8 Å². The normalized spacial score (nSPS) is 11.8. The Balaban J connectivity index is 2.26. The summed E-state index contributed by atoms with van der Waals surface area (Å²) < 4.78 is 0. The summed E-state index contributed by atoms with van der Waals surface area (Å²) in [4.78, 5) is 0. The van der Waals surface area contributed by atoms with E-state index in [0.717, 1.165) is 5.69 Å². The molecule has 102 valence electrons. The molecule has 2 nitrogen and oxygen atoms in total. The van der Waals surface area contributed by atoms with Gasteiger partial charge in [-0.25, -0.2) is 0 Å². The zero-order valence-corrected chi connectivity index (χ0v) is 12.6. The van der Waals surface area contributed by atoms with Crippen molar-refractivity contribution >= 4 is 17.3 Å². The zero-order chi connectivity index (χ0) is 14.7. The van der Waals surface area contributed by atoms with Crippen LogP contribution in [0, 0.1) is 25.2 Å². The quantitative estimate of drug-likeness (QED) is 0.861. The zero-order valence-electron chi connectivity index (χ0n) is 11.9. The molecule has 0 aliphatic rings. The Morgan fingerprint density at radius 1 is 1.15 bits per heavy atom. The molecule has 1 N–H and O–H groups in total. The van der Waals surface area contributed by atoms with Crippen molar-refractivity contribution in [2.24, 2.45) is 0 Å². The van der Waals surface area contributed by atoms with E-state index >= 15 is 0 Å². The minimum absolute atomic E-state index is 0.169. The molecule has 0 fully saturated rings. The van der Waals surface area contributed by atoms with Crippen LogP contribution < -0.4 is 5.32 Å². The Kier molecular flexibility index (Phi) is 4.32. The Labute approximate surface area is 125 Å². The standard InChI is InChI=1S/C17H17ClN2/c1-11-4-5-12(2)16(8-11)13(3)20-15-6-7-17(18)14(9-15)10-19/h4-9,13,20H,1-3H3. The predicted octanol–water partition coefficient (Wildman–Crippen LogP) is 5.00. The van der Waals surface area contributed by atoms with E-state index < -0.39 is 0 Å². The van der Waals surface area contributed by atoms with Crippen LogP contribution in [-0.2, 0) is 0 Å². The van der Waals surface area contributed by atoms with E-state index in [4.69, 9.17) is 16.9 Å². The van der Waals surface area contributed by atoms with Crippen LogP contribution in [0.1, 0.15) is 35.2 Å². The van der Waals surface area contributed by atoms with Crippen LogP contribution in [0.15, 0.2) is 36.4 Å². The van der Waals surface area contributed by atoms with Gasteiger partial charge in [0.05, 0.1) is 10.6 Å². The minimum Gasteiger partial charge on any atom is -0.378 e. The predicted molar refractivity (Wildman–Crippen MR) is 84.1 cm³/mol. The highest BCUT2D eigenvalue weighted by molar-refractivity contribution is 6.31. The summed E-state index contributed by atoms with van der Waals surface area (Å²) in [5.74, 6) is 0. The second kappa shape index (κ2) is 5.98. The fourth-order valence-electron chi connectivity index (χ4n) is 2.25. The Morgan fingerprint density at radius 2 is 1.90 bits per heavy atom. The molecule has 2 aromatic carbocycles. The van der Waals surface area contributed by atoms with Crippen LogP contribution in [0.2, 0.25) is 5.02 Å². The van der Waals surface area contributed by atoms with E-state index in [9.17, 15) is 0 Å². The van der Waals surface area contributed by atoms with Crippen molar-refractivity contribution < 1.29 is 0 Å². The lowest BCUT2D eigenvalue weighted by Crippen LogP contribution is -2.08. The first-order valence-corrected chi connectivity index (χ1v) is 6.92. The number of halogens is 1. The molecule has 0 bridgehead atoms. The lowest BCUT2D eigenvalue weighted by atomic mass is 10.00. The van der Waals surface area contributed by atoms with Gasteiger partial charge >= 0.3 is 0 Å². The third kappa shape index (κ3) is 3.12. The van der Waals surface area contributed by atoms with Crippen LogP contribution >= 0.6 is 11.6 Å². The average Bonchev–Trinajstić information content (AvgIpc) is 2.43. The van der Waals surface area contributed by atoms with E-state index in [2.05, 4.69) is 50.4 Å². The summed E-state index contributed by atoms with van der Waals surface area (Å²) in [6, 6.07) is 14.1. The van der Waals surface area contributed by atoms with Gasteiger partial charge in [-0.2, -0.15) is 5.26 Å². The Morgan fingerprint density at radius 3 is 2.60 bits per heavy atom. The fourth-order valence-corrected chi connectivity index (χ4v) is 2.41. The molecule has 2 aromatic rings. The van der Waals surface area contributed by atoms with Crippen LogP contribution in [-0.4, -0.2) is 0 Å². The van der Waals surface area contributed by atoms with Crippen molar-refractivity contribution in [2.45, 2.75) is 26.8 Å². The van der Waals surface area contributed by atoms with Crippen molar-refractivity contribution in [3.63, 3.8) is 0 Å². The van der Waals surface area contributed by atoms with Gasteiger partial charge < -0.3 is 5.32 Å². The van der Waals surface area contributed by atoms with Gasteiger partial charge in [0.15, 0.2) is 0 Å². The van der Waals surface area contributed by atoms with Crippen molar-refractivity contribution in [3.05, 3.63) is 63.7 Å². The lowest BCUT2D eigenvalue weighted by molar-refractivity contribution is 0.872. The third-order valence-corrected chi connectivity index (χ3v) is 3.70. The molecular formula is C17H17ClN2. The number of nitrogens with zero attached hydrogens (tertiary/aromatic N) is 1. The molecule has 2 rings (SSSR count). The molecule has 0 amide bonds. The molecule has 0 saturated carbocycles. The molecule has 1 atom stereocenters. The molecule has 1 unspecified atom stereocenters. The molecule has 0 heterocycles. The van der Waals surface area contributed by atoms with Gasteiger partial charge in [0.25, 0.3) is 0 Å². The molecule has 0 aromatic heterocycles. The summed E-state index contributed by atoms with van der Waals surface area (Å²) in [6.07, 6.45) is 0. The van der Waals surface area contributed by atoms with Crippen LogP contribution in [0.3, 0.4) is 0 Å². The van der Waals surface area contributed by atoms with E-state index in [1.807, 2.05) is 6.07 Å². The summed E-state index contributed by atoms with van der Waals surface area (Å²) in [6.45, 7) is 6.31. The first kappa shape index (κ1) is 14.4. The summed E-state index contributed by atoms with van der Waals surface area (Å²) in [5, 5.41) is 12.9. The van der Waals surface area contributed by atoms with Crippen LogP contribution in [0.4, 0.5) is 5.69 Å². The van der Waals surface area contributed by atoms with Crippen molar-refractivity contribution in [3.8, 4) is 6.07 Å². The fraction of sp³-hybridized carbons (Fsp3) is 0.235. The number of rotatable bonds is 3. The highest BCUT2D eigenvalue weighted by Crippen LogP contribution is 2.25. The number of hydrogen-bond donors (Lipinski definition) is 1. The summed E-state index contributed by atoms with van der Waals surface area (Å²) >= 11 is 5.95. The van der Waals surface area contributed by atoms with Gasteiger partial charge in [-0.3, -0.25) is 0 Å². The first-order chi connectivity index (χ1) is 9.51. The number of hydrogen-bond acceptors (Lipinski definition) is 2. The van der Waals surface area contributed by atoms with Gasteiger partial charge in [-0.15, -0.1) is 0 Å². The summed E-state index contributed by atoms with van der Waals surface area (Å²) in [5.41, 5.74) is 5.15. The van der Waals surface area contributed by atoms with Gasteiger partial charge in [0.2, 0.25) is 0 Å². The minimum atomic E-state index is 0.169. The maximum Gasteiger partial charge on any atom is 0.101 e. The second-order valence-corrected chi connectivity index (χ2v) is 5.44. The molecule has 0 aliphatic carbocycles. The smallest absolute Gasteiger partial charge is 0.101 e. The summed E-state index contributed by atoms with van der Waals surface area (Å²) in [7, 11) is 0. The molecule has 0 radical (unpaired) electrons. The molecule has 3 heteroatoms. The maximum atomic E-state index is 9.01. The van der Waals surface area contributed by atoms with Crippen molar-refractivity contribution in [1.82, 2.24) is 0 Å². The number of nitriles is 1. The van der Waals surface area contributed by atoms with Gasteiger partial charge in [0.1, 0.15) is 6.07 Å². The number of nitrogens with one attached hydrogen (secondary N) is 1. The largest absolute Gasteiger partial charge is 0.378 e. The first-order valence-electron chi connectivity index (χ1n) is 6.54. The molecule has 0 spiro atoms. The average molecular weight is 285 g/mol. The highest BCUT2D eigenvalue weighted by atomic mass is 35.5. The van der Waals surface area contributed by atoms with E-state index in [0.29, 0.717) is 10.6 Å². The van der Waals surface area contributed by atoms with Crippen molar-refractivity contribution in [2.75, 3.05) is 5.32 Å². The molecule has 20 heavy (non-hydrogen) atoms. The van der Waals surface area contributed by atoms with E-state index in [1.165, 1.54) is 16.7 Å². The van der Waals surface area contributed by atoms with Crippen LogP contribution in [0.5, 0.6) is 0 Å². The van der Waals surface area contributed by atoms with Crippen LogP contribution in [0.25, 0.3) is 0 Å². The SMILES string of the molecule is Cc1ccc(C)c(C(C)Nc2ccc(Cl)c(C#N)c2)c1. The Bertz CT molecular complexity index is 671. The Hall–Kier alpha value is -1.98. The lowest BCUT2D eigenvalue weighted by Gasteiger charge is -2.19. The molecular weight excluding hydrogens is 268 g/mol. The maximum absolute atomic E-state index is 9.01. The second-order valence-electron chi connectivity index (χ2n) is 5.03. The molecule has 0 aliphatic heterocycles. The third-order valence-electron chi connectivity index (χ3n) is 3.37.